The van der Waals surface area contributed by atoms with Gasteiger partial charge >= 0.3 is 5.97 Å². The quantitative estimate of drug-likeness (QED) is 0.812. The molecule has 0 atom stereocenters. The Balaban J connectivity index is 1.89. The van der Waals surface area contributed by atoms with Crippen molar-refractivity contribution in [3.05, 3.63) is 47.5 Å². The van der Waals surface area contributed by atoms with Gasteiger partial charge in [0.15, 0.2) is 5.69 Å². The zero-order valence-electron chi connectivity index (χ0n) is 12.0. The molecule has 1 aliphatic heterocycles. The molecule has 2 heterocycles. The van der Waals surface area contributed by atoms with E-state index in [-0.39, 0.29) is 24.0 Å². The Morgan fingerprint density at radius 3 is 2.73 bits per heavy atom. The van der Waals surface area contributed by atoms with Crippen LogP contribution in [-0.2, 0) is 11.3 Å². The second-order valence-electron chi connectivity index (χ2n) is 4.79. The van der Waals surface area contributed by atoms with E-state index in [2.05, 4.69) is 5.10 Å². The van der Waals surface area contributed by atoms with Gasteiger partial charge in [-0.3, -0.25) is 9.48 Å². The van der Waals surface area contributed by atoms with Crippen LogP contribution in [0.15, 0.2) is 30.3 Å². The highest BCUT2D eigenvalue weighted by molar-refractivity contribution is 6.06. The van der Waals surface area contributed by atoms with Gasteiger partial charge in [-0.2, -0.15) is 5.10 Å². The van der Waals surface area contributed by atoms with Gasteiger partial charge in [-0.15, -0.1) is 0 Å². The number of rotatable bonds is 3. The first-order valence-electron chi connectivity index (χ1n) is 6.92. The maximum absolute atomic E-state index is 13.0. The highest BCUT2D eigenvalue weighted by Gasteiger charge is 2.29. The number of hydrogen-bond donors (Lipinski definition) is 0. The number of amides is 1. The number of benzene rings is 1. The van der Waals surface area contributed by atoms with Crippen LogP contribution in [-0.4, -0.2) is 34.8 Å². The minimum atomic E-state index is -0.550. The van der Waals surface area contributed by atoms with Gasteiger partial charge in [0, 0.05) is 18.3 Å². The number of aromatic nitrogens is 2. The predicted molar refractivity (Wildman–Crippen MR) is 76.3 cm³/mol. The van der Waals surface area contributed by atoms with Crippen LogP contribution in [0.5, 0.6) is 0 Å². The molecule has 0 unspecified atom stereocenters. The maximum Gasteiger partial charge on any atom is 0.358 e. The summed E-state index contributed by atoms with van der Waals surface area (Å²) < 4.78 is 19.4. The number of carbonyl (C=O) groups excluding carboxylic acids is 2. The Morgan fingerprint density at radius 1 is 1.32 bits per heavy atom. The summed E-state index contributed by atoms with van der Waals surface area (Å²) >= 11 is 0. The Kier molecular flexibility index (Phi) is 3.62. The van der Waals surface area contributed by atoms with Crippen LogP contribution in [0.25, 0.3) is 0 Å². The summed E-state index contributed by atoms with van der Waals surface area (Å²) in [5.41, 5.74) is 1.04. The van der Waals surface area contributed by atoms with E-state index in [4.69, 9.17) is 4.74 Å². The molecule has 7 heteroatoms. The van der Waals surface area contributed by atoms with Crippen LogP contribution < -0.4 is 4.90 Å². The summed E-state index contributed by atoms with van der Waals surface area (Å²) in [6.07, 6.45) is 0. The lowest BCUT2D eigenvalue weighted by atomic mass is 10.2. The smallest absolute Gasteiger partial charge is 0.358 e. The fourth-order valence-corrected chi connectivity index (χ4v) is 2.37. The van der Waals surface area contributed by atoms with Crippen molar-refractivity contribution in [1.82, 2.24) is 9.78 Å². The molecule has 114 valence electrons. The molecule has 3 rings (SSSR count). The van der Waals surface area contributed by atoms with E-state index >= 15 is 0 Å². The molecule has 22 heavy (non-hydrogen) atoms. The van der Waals surface area contributed by atoms with Crippen LogP contribution >= 0.6 is 0 Å². The fraction of sp³-hybridized carbons (Fsp3) is 0.267. The van der Waals surface area contributed by atoms with Crippen molar-refractivity contribution in [2.24, 2.45) is 0 Å². The lowest BCUT2D eigenvalue weighted by Crippen LogP contribution is -2.40. The SMILES string of the molecule is CCOC(=O)c1cc2n(n1)CCN(c1ccc(F)cc1)C2=O. The third-order valence-electron chi connectivity index (χ3n) is 3.40. The summed E-state index contributed by atoms with van der Waals surface area (Å²) in [6, 6.07) is 7.13. The molecule has 1 aromatic carbocycles. The normalized spacial score (nSPS) is 13.9. The van der Waals surface area contributed by atoms with Crippen molar-refractivity contribution in [1.29, 1.82) is 0 Å². The molecule has 0 N–H and O–H groups in total. The number of halogens is 1. The first kappa shape index (κ1) is 14.2. The molecular weight excluding hydrogens is 289 g/mol. The lowest BCUT2D eigenvalue weighted by molar-refractivity contribution is 0.0518. The summed E-state index contributed by atoms with van der Waals surface area (Å²) in [6.45, 7) is 2.81. The number of hydrogen-bond acceptors (Lipinski definition) is 4. The standard InChI is InChI=1S/C15H14FN3O3/c1-2-22-15(21)12-9-13-14(20)18(7-8-19(13)17-12)11-5-3-10(16)4-6-11/h3-6,9H,2,7-8H2,1H3. The number of fused-ring (bicyclic) bond motifs is 1. The second-order valence-corrected chi connectivity index (χ2v) is 4.79. The van der Waals surface area contributed by atoms with Crippen molar-refractivity contribution < 1.29 is 18.7 Å². The average Bonchev–Trinajstić information content (AvgIpc) is 2.94. The number of anilines is 1. The van der Waals surface area contributed by atoms with E-state index in [0.29, 0.717) is 24.5 Å². The van der Waals surface area contributed by atoms with Crippen LogP contribution in [0.2, 0.25) is 0 Å². The first-order valence-corrected chi connectivity index (χ1v) is 6.92. The number of carbonyl (C=O) groups is 2. The summed E-state index contributed by atoms with van der Waals surface area (Å²) in [5.74, 6) is -1.19. The monoisotopic (exact) mass is 303 g/mol. The summed E-state index contributed by atoms with van der Waals surface area (Å²) in [7, 11) is 0. The minimum Gasteiger partial charge on any atom is -0.461 e. The summed E-state index contributed by atoms with van der Waals surface area (Å²) in [4.78, 5) is 25.7. The number of nitrogens with zero attached hydrogens (tertiary/aromatic N) is 3. The van der Waals surface area contributed by atoms with Gasteiger partial charge in [0.2, 0.25) is 0 Å². The molecular formula is C15H14FN3O3. The Morgan fingerprint density at radius 2 is 2.05 bits per heavy atom. The number of ether oxygens (including phenoxy) is 1. The average molecular weight is 303 g/mol. The Hall–Kier alpha value is -2.70. The van der Waals surface area contributed by atoms with Crippen molar-refractivity contribution >= 4 is 17.6 Å². The highest BCUT2D eigenvalue weighted by atomic mass is 19.1. The van der Waals surface area contributed by atoms with Gasteiger partial charge < -0.3 is 9.64 Å². The Labute approximate surface area is 126 Å². The molecule has 0 bridgehead atoms. The molecule has 0 saturated heterocycles. The first-order chi connectivity index (χ1) is 10.6. The van der Waals surface area contributed by atoms with Crippen LogP contribution in [0.4, 0.5) is 10.1 Å². The molecule has 0 fully saturated rings. The van der Waals surface area contributed by atoms with Crippen LogP contribution in [0, 0.1) is 5.82 Å². The maximum atomic E-state index is 13.0. The highest BCUT2D eigenvalue weighted by Crippen LogP contribution is 2.22. The molecule has 1 amide bonds. The van der Waals surface area contributed by atoms with Crippen molar-refractivity contribution in [3.63, 3.8) is 0 Å². The van der Waals surface area contributed by atoms with E-state index in [1.807, 2.05) is 0 Å². The topological polar surface area (TPSA) is 64.4 Å². The molecule has 2 aromatic rings. The fourth-order valence-electron chi connectivity index (χ4n) is 2.37. The molecule has 0 radical (unpaired) electrons. The molecule has 6 nitrogen and oxygen atoms in total. The second kappa shape index (κ2) is 5.59. The zero-order valence-corrected chi connectivity index (χ0v) is 12.0. The third kappa shape index (κ3) is 2.45. The van der Waals surface area contributed by atoms with Gasteiger partial charge in [0.25, 0.3) is 5.91 Å². The molecule has 0 spiro atoms. The van der Waals surface area contributed by atoms with Crippen molar-refractivity contribution in [3.8, 4) is 0 Å². The van der Waals surface area contributed by atoms with E-state index in [9.17, 15) is 14.0 Å². The van der Waals surface area contributed by atoms with Gasteiger partial charge in [0.1, 0.15) is 11.5 Å². The van der Waals surface area contributed by atoms with E-state index in [1.165, 1.54) is 27.8 Å². The van der Waals surface area contributed by atoms with E-state index in [0.717, 1.165) is 0 Å². The molecule has 0 aliphatic carbocycles. The molecule has 1 aromatic heterocycles. The van der Waals surface area contributed by atoms with Crippen molar-refractivity contribution in [2.75, 3.05) is 18.1 Å². The third-order valence-corrected chi connectivity index (χ3v) is 3.40. The minimum absolute atomic E-state index is 0.117. The number of esters is 1. The largest absolute Gasteiger partial charge is 0.461 e. The summed E-state index contributed by atoms with van der Waals surface area (Å²) in [5, 5.41) is 4.10. The van der Waals surface area contributed by atoms with Gasteiger partial charge in [-0.1, -0.05) is 0 Å². The molecule has 0 saturated carbocycles. The van der Waals surface area contributed by atoms with E-state index < -0.39 is 5.97 Å². The Bertz CT molecular complexity index is 724. The van der Waals surface area contributed by atoms with Gasteiger partial charge in [-0.05, 0) is 31.2 Å². The predicted octanol–water partition coefficient (Wildman–Crippen LogP) is 1.86. The lowest BCUT2D eigenvalue weighted by Gasteiger charge is -2.27. The van der Waals surface area contributed by atoms with Gasteiger partial charge in [-0.25, -0.2) is 9.18 Å². The van der Waals surface area contributed by atoms with Crippen LogP contribution in [0.1, 0.15) is 27.9 Å². The van der Waals surface area contributed by atoms with Crippen molar-refractivity contribution in [2.45, 2.75) is 13.5 Å². The molecule has 1 aliphatic rings. The van der Waals surface area contributed by atoms with Gasteiger partial charge in [0.05, 0.1) is 13.2 Å². The van der Waals surface area contributed by atoms with E-state index in [1.54, 1.807) is 19.1 Å². The zero-order chi connectivity index (χ0) is 15.7. The van der Waals surface area contributed by atoms with Crippen LogP contribution in [0.3, 0.4) is 0 Å².